The average molecular weight is 297 g/mol. The summed E-state index contributed by atoms with van der Waals surface area (Å²) in [6.45, 7) is 1.25. The van der Waals surface area contributed by atoms with E-state index in [4.69, 9.17) is 22.4 Å². The van der Waals surface area contributed by atoms with Crippen LogP contribution in [-0.4, -0.2) is 29.1 Å². The first-order valence-electron chi connectivity index (χ1n) is 6.40. The molecule has 5 nitrogen and oxygen atoms in total. The molecule has 0 aromatic heterocycles. The fraction of sp³-hybridized carbons (Fsp3) is 0.429. The van der Waals surface area contributed by atoms with Gasteiger partial charge in [0.15, 0.2) is 0 Å². The van der Waals surface area contributed by atoms with Gasteiger partial charge < -0.3 is 10.8 Å². The fourth-order valence-electron chi connectivity index (χ4n) is 2.19. The number of anilines is 1. The van der Waals surface area contributed by atoms with Crippen molar-refractivity contribution in [3.05, 3.63) is 29.3 Å². The molecule has 1 aromatic carbocycles. The molecule has 1 aliphatic rings. The van der Waals surface area contributed by atoms with E-state index in [9.17, 15) is 9.59 Å². The number of aliphatic carboxylic acids is 1. The van der Waals surface area contributed by atoms with E-state index < -0.39 is 18.1 Å². The fourth-order valence-corrected chi connectivity index (χ4v) is 2.31. The number of hydrogen-bond donors (Lipinski definition) is 2. The summed E-state index contributed by atoms with van der Waals surface area (Å²) >= 11 is 5.81. The summed E-state index contributed by atoms with van der Waals surface area (Å²) in [7, 11) is 0. The zero-order chi connectivity index (χ0) is 14.9. The minimum absolute atomic E-state index is 0.124. The molecule has 1 saturated carbocycles. The zero-order valence-corrected chi connectivity index (χ0v) is 11.9. The molecule has 0 radical (unpaired) electrons. The first-order valence-corrected chi connectivity index (χ1v) is 6.78. The van der Waals surface area contributed by atoms with Crippen molar-refractivity contribution in [2.24, 2.45) is 11.7 Å². The highest BCUT2D eigenvalue weighted by Gasteiger charge is 2.46. The molecule has 0 bridgehead atoms. The second-order valence-corrected chi connectivity index (χ2v) is 5.75. The molecule has 1 amide bonds. The number of halogens is 1. The van der Waals surface area contributed by atoms with Crippen LogP contribution < -0.4 is 10.6 Å². The smallest absolute Gasteiger partial charge is 0.323 e. The normalized spacial score (nSPS) is 17.4. The van der Waals surface area contributed by atoms with Gasteiger partial charge in [0.1, 0.15) is 6.54 Å². The van der Waals surface area contributed by atoms with E-state index in [1.807, 2.05) is 0 Å². The SMILES string of the molecule is CC(N)(C(=O)N(CC(=O)O)c1ccc(Cl)cc1)C1CC1. The number of rotatable bonds is 5. The Balaban J connectivity index is 2.29. The third-order valence-corrected chi connectivity index (χ3v) is 3.82. The number of carboxylic acids is 1. The van der Waals surface area contributed by atoms with Crippen LogP contribution in [0.1, 0.15) is 19.8 Å². The molecule has 1 unspecified atom stereocenters. The minimum Gasteiger partial charge on any atom is -0.480 e. The molecule has 1 atom stereocenters. The zero-order valence-electron chi connectivity index (χ0n) is 11.2. The molecule has 0 spiro atoms. The molecular formula is C14H17ClN2O3. The molecule has 1 aliphatic carbocycles. The molecule has 108 valence electrons. The van der Waals surface area contributed by atoms with Crippen molar-refractivity contribution in [2.75, 3.05) is 11.4 Å². The van der Waals surface area contributed by atoms with Crippen molar-refractivity contribution in [3.63, 3.8) is 0 Å². The quantitative estimate of drug-likeness (QED) is 0.869. The highest BCUT2D eigenvalue weighted by atomic mass is 35.5. The third-order valence-electron chi connectivity index (χ3n) is 3.56. The van der Waals surface area contributed by atoms with Gasteiger partial charge in [-0.15, -0.1) is 0 Å². The van der Waals surface area contributed by atoms with Crippen LogP contribution in [0.5, 0.6) is 0 Å². The van der Waals surface area contributed by atoms with Crippen molar-refractivity contribution in [3.8, 4) is 0 Å². The Morgan fingerprint density at radius 1 is 1.40 bits per heavy atom. The second-order valence-electron chi connectivity index (χ2n) is 5.32. The van der Waals surface area contributed by atoms with Gasteiger partial charge in [0.2, 0.25) is 5.91 Å². The lowest BCUT2D eigenvalue weighted by Crippen LogP contribution is -2.56. The predicted molar refractivity (Wildman–Crippen MR) is 76.8 cm³/mol. The maximum absolute atomic E-state index is 12.6. The van der Waals surface area contributed by atoms with Gasteiger partial charge in [-0.1, -0.05) is 11.6 Å². The van der Waals surface area contributed by atoms with Crippen molar-refractivity contribution in [1.82, 2.24) is 0 Å². The molecule has 2 rings (SSSR count). The Hall–Kier alpha value is -1.59. The Morgan fingerprint density at radius 3 is 2.40 bits per heavy atom. The third kappa shape index (κ3) is 3.11. The lowest BCUT2D eigenvalue weighted by molar-refractivity contribution is -0.137. The van der Waals surface area contributed by atoms with Gasteiger partial charge in [-0.3, -0.25) is 14.5 Å². The molecular weight excluding hydrogens is 280 g/mol. The van der Waals surface area contributed by atoms with Gasteiger partial charge in [0, 0.05) is 10.7 Å². The van der Waals surface area contributed by atoms with Crippen LogP contribution >= 0.6 is 11.6 Å². The van der Waals surface area contributed by atoms with Gasteiger partial charge in [-0.05, 0) is 49.9 Å². The van der Waals surface area contributed by atoms with Crippen molar-refractivity contribution >= 4 is 29.2 Å². The Kier molecular flexibility index (Phi) is 4.01. The molecule has 3 N–H and O–H groups in total. The van der Waals surface area contributed by atoms with Crippen molar-refractivity contribution < 1.29 is 14.7 Å². The van der Waals surface area contributed by atoms with E-state index in [0.29, 0.717) is 10.7 Å². The van der Waals surface area contributed by atoms with Crippen LogP contribution in [0, 0.1) is 5.92 Å². The molecule has 1 aromatic rings. The van der Waals surface area contributed by atoms with Crippen molar-refractivity contribution in [2.45, 2.75) is 25.3 Å². The van der Waals surface area contributed by atoms with Gasteiger partial charge in [-0.25, -0.2) is 0 Å². The van der Waals surface area contributed by atoms with E-state index in [2.05, 4.69) is 0 Å². The molecule has 1 fully saturated rings. The molecule has 20 heavy (non-hydrogen) atoms. The van der Waals surface area contributed by atoms with Crippen LogP contribution in [-0.2, 0) is 9.59 Å². The van der Waals surface area contributed by atoms with E-state index in [1.54, 1.807) is 31.2 Å². The van der Waals surface area contributed by atoms with E-state index >= 15 is 0 Å². The van der Waals surface area contributed by atoms with Gasteiger partial charge in [0.25, 0.3) is 0 Å². The van der Waals surface area contributed by atoms with Gasteiger partial charge in [0.05, 0.1) is 5.54 Å². The number of nitrogens with zero attached hydrogens (tertiary/aromatic N) is 1. The monoisotopic (exact) mass is 296 g/mol. The van der Waals surface area contributed by atoms with Crippen LogP contribution in [0.4, 0.5) is 5.69 Å². The summed E-state index contributed by atoms with van der Waals surface area (Å²) in [5.41, 5.74) is 5.55. The predicted octanol–water partition coefficient (Wildman–Crippen LogP) is 1.89. The summed E-state index contributed by atoms with van der Waals surface area (Å²) in [4.78, 5) is 24.8. The van der Waals surface area contributed by atoms with Crippen molar-refractivity contribution in [1.29, 1.82) is 0 Å². The minimum atomic E-state index is -1.08. The standard InChI is InChI=1S/C14H17ClN2O3/c1-14(16,9-2-3-9)13(20)17(8-12(18)19)11-6-4-10(15)5-7-11/h4-7,9H,2-3,8,16H2,1H3,(H,18,19). The summed E-state index contributed by atoms with van der Waals surface area (Å²) < 4.78 is 0. The number of carbonyl (C=O) groups excluding carboxylic acids is 1. The highest BCUT2D eigenvalue weighted by molar-refractivity contribution is 6.30. The lowest BCUT2D eigenvalue weighted by atomic mass is 9.95. The first kappa shape index (κ1) is 14.8. The number of benzene rings is 1. The van der Waals surface area contributed by atoms with Crippen LogP contribution in [0.2, 0.25) is 5.02 Å². The summed E-state index contributed by atoms with van der Waals surface area (Å²) in [5.74, 6) is -1.33. The largest absolute Gasteiger partial charge is 0.480 e. The number of carbonyl (C=O) groups is 2. The first-order chi connectivity index (χ1) is 9.32. The van der Waals surface area contributed by atoms with Gasteiger partial charge in [-0.2, -0.15) is 0 Å². The Labute approximate surface area is 122 Å². The molecule has 0 aliphatic heterocycles. The maximum Gasteiger partial charge on any atom is 0.323 e. The maximum atomic E-state index is 12.6. The number of carboxylic acid groups (broad SMARTS) is 1. The van der Waals surface area contributed by atoms with Gasteiger partial charge >= 0.3 is 5.97 Å². The van der Waals surface area contributed by atoms with E-state index in [0.717, 1.165) is 12.8 Å². The number of amides is 1. The van der Waals surface area contributed by atoms with Crippen LogP contribution in [0.25, 0.3) is 0 Å². The van der Waals surface area contributed by atoms with E-state index in [1.165, 1.54) is 4.90 Å². The number of nitrogens with two attached hydrogens (primary N) is 1. The highest BCUT2D eigenvalue weighted by Crippen LogP contribution is 2.39. The number of hydrogen-bond acceptors (Lipinski definition) is 3. The molecule has 6 heteroatoms. The lowest BCUT2D eigenvalue weighted by Gasteiger charge is -2.31. The Bertz CT molecular complexity index is 524. The molecule has 0 heterocycles. The average Bonchev–Trinajstić information content (AvgIpc) is 3.20. The van der Waals surface area contributed by atoms with E-state index in [-0.39, 0.29) is 11.8 Å². The summed E-state index contributed by atoms with van der Waals surface area (Å²) in [6, 6.07) is 6.46. The second kappa shape index (κ2) is 5.42. The Morgan fingerprint density at radius 2 is 1.95 bits per heavy atom. The summed E-state index contributed by atoms with van der Waals surface area (Å²) in [6.07, 6.45) is 1.81. The summed E-state index contributed by atoms with van der Waals surface area (Å²) in [5, 5.41) is 9.53. The topological polar surface area (TPSA) is 83.6 Å². The van der Waals surface area contributed by atoms with Crippen LogP contribution in [0.15, 0.2) is 24.3 Å². The van der Waals surface area contributed by atoms with Crippen LogP contribution in [0.3, 0.4) is 0 Å². The molecule has 0 saturated heterocycles.